The maximum Gasteiger partial charge on any atom is 0.126 e. The average molecular weight is 249 g/mol. The molecule has 2 nitrogen and oxygen atoms in total. The third-order valence-corrected chi connectivity index (χ3v) is 3.97. The molecule has 0 spiro atoms. The predicted molar refractivity (Wildman–Crippen MR) is 72.7 cm³/mol. The monoisotopic (exact) mass is 249 g/mol. The van der Waals surface area contributed by atoms with Crippen LogP contribution >= 0.6 is 11.3 Å². The fraction of sp³-hybridized carbons (Fsp3) is 0.429. The van der Waals surface area contributed by atoms with Crippen LogP contribution < -0.4 is 5.32 Å². The molecule has 92 valence electrons. The summed E-state index contributed by atoms with van der Waals surface area (Å²) in [6.07, 6.45) is 0.947. The van der Waals surface area contributed by atoms with Gasteiger partial charge < -0.3 is 9.73 Å². The van der Waals surface area contributed by atoms with Gasteiger partial charge in [0, 0.05) is 11.3 Å². The molecule has 0 fully saturated rings. The van der Waals surface area contributed by atoms with Gasteiger partial charge in [0.15, 0.2) is 0 Å². The van der Waals surface area contributed by atoms with Gasteiger partial charge in [-0.1, -0.05) is 13.8 Å². The summed E-state index contributed by atoms with van der Waals surface area (Å²) in [5.74, 6) is 2.08. The van der Waals surface area contributed by atoms with Crippen LogP contribution in [0.5, 0.6) is 0 Å². The van der Waals surface area contributed by atoms with E-state index in [4.69, 9.17) is 4.42 Å². The van der Waals surface area contributed by atoms with Crippen molar-refractivity contribution in [2.24, 2.45) is 0 Å². The van der Waals surface area contributed by atoms with Gasteiger partial charge in [-0.2, -0.15) is 0 Å². The van der Waals surface area contributed by atoms with Crippen LogP contribution in [0.25, 0.3) is 0 Å². The van der Waals surface area contributed by atoms with Gasteiger partial charge in [-0.05, 0) is 42.6 Å². The average Bonchev–Trinajstić information content (AvgIpc) is 2.95. The molecule has 2 aromatic heterocycles. The first-order chi connectivity index (χ1) is 8.26. The van der Waals surface area contributed by atoms with Gasteiger partial charge in [-0.3, -0.25) is 0 Å². The van der Waals surface area contributed by atoms with E-state index in [1.807, 2.05) is 0 Å². The summed E-state index contributed by atoms with van der Waals surface area (Å²) in [6, 6.07) is 6.52. The highest BCUT2D eigenvalue weighted by Crippen LogP contribution is 2.30. The molecule has 2 aromatic rings. The molecule has 3 heteroatoms. The Morgan fingerprint density at radius 2 is 2.12 bits per heavy atom. The molecule has 1 N–H and O–H groups in total. The van der Waals surface area contributed by atoms with Gasteiger partial charge in [-0.25, -0.2) is 0 Å². The Balaban J connectivity index is 2.32. The van der Waals surface area contributed by atoms with Crippen molar-refractivity contribution < 1.29 is 4.42 Å². The Kier molecular flexibility index (Phi) is 4.02. The normalized spacial score (nSPS) is 12.9. The zero-order valence-corrected chi connectivity index (χ0v) is 11.4. The smallest absolute Gasteiger partial charge is 0.126 e. The molecule has 0 radical (unpaired) electrons. The second-order valence-electron chi connectivity index (χ2n) is 4.12. The Hall–Kier alpha value is -1.06. The fourth-order valence-electron chi connectivity index (χ4n) is 1.95. The fourth-order valence-corrected chi connectivity index (χ4v) is 2.95. The number of furan rings is 1. The summed E-state index contributed by atoms with van der Waals surface area (Å²) in [6.45, 7) is 7.32. The van der Waals surface area contributed by atoms with Crippen molar-refractivity contribution in [3.8, 4) is 0 Å². The van der Waals surface area contributed by atoms with Crippen LogP contribution in [-0.4, -0.2) is 6.54 Å². The van der Waals surface area contributed by atoms with E-state index in [0.29, 0.717) is 0 Å². The zero-order valence-electron chi connectivity index (χ0n) is 10.6. The van der Waals surface area contributed by atoms with Gasteiger partial charge in [0.2, 0.25) is 0 Å². The topological polar surface area (TPSA) is 25.2 Å². The SMILES string of the molecule is CCNC(c1ccc(CC)o1)c1sccc1C. The molecule has 0 aromatic carbocycles. The highest BCUT2D eigenvalue weighted by molar-refractivity contribution is 7.10. The van der Waals surface area contributed by atoms with Crippen molar-refractivity contribution in [3.05, 3.63) is 45.5 Å². The molecular formula is C14H19NOS. The van der Waals surface area contributed by atoms with Crippen molar-refractivity contribution in [2.45, 2.75) is 33.2 Å². The zero-order chi connectivity index (χ0) is 12.3. The third-order valence-electron chi connectivity index (χ3n) is 2.89. The van der Waals surface area contributed by atoms with Crippen LogP contribution in [0.2, 0.25) is 0 Å². The van der Waals surface area contributed by atoms with E-state index < -0.39 is 0 Å². The van der Waals surface area contributed by atoms with E-state index in [2.05, 4.69) is 49.7 Å². The second kappa shape index (κ2) is 5.52. The molecule has 0 saturated carbocycles. The standard InChI is InChI=1S/C14H19NOS/c1-4-11-6-7-12(16-11)13(15-5-2)14-10(3)8-9-17-14/h6-9,13,15H,4-5H2,1-3H3. The lowest BCUT2D eigenvalue weighted by molar-refractivity contribution is 0.428. The Labute approximate surface area is 107 Å². The third kappa shape index (κ3) is 2.61. The van der Waals surface area contributed by atoms with Gasteiger partial charge in [0.05, 0.1) is 0 Å². The van der Waals surface area contributed by atoms with Gasteiger partial charge in [-0.15, -0.1) is 11.3 Å². The van der Waals surface area contributed by atoms with E-state index in [0.717, 1.165) is 24.5 Å². The van der Waals surface area contributed by atoms with Crippen molar-refractivity contribution >= 4 is 11.3 Å². The molecule has 1 unspecified atom stereocenters. The summed E-state index contributed by atoms with van der Waals surface area (Å²) in [4.78, 5) is 1.35. The largest absolute Gasteiger partial charge is 0.464 e. The minimum Gasteiger partial charge on any atom is -0.464 e. The van der Waals surface area contributed by atoms with E-state index in [1.165, 1.54) is 10.4 Å². The first-order valence-electron chi connectivity index (χ1n) is 6.12. The molecule has 1 atom stereocenters. The van der Waals surface area contributed by atoms with Crippen molar-refractivity contribution in [2.75, 3.05) is 6.54 Å². The number of thiophene rings is 1. The predicted octanol–water partition coefficient (Wildman–Crippen LogP) is 3.91. The molecule has 2 heterocycles. The van der Waals surface area contributed by atoms with Gasteiger partial charge >= 0.3 is 0 Å². The highest BCUT2D eigenvalue weighted by atomic mass is 32.1. The van der Waals surface area contributed by atoms with E-state index in [9.17, 15) is 0 Å². The van der Waals surface area contributed by atoms with Crippen LogP contribution in [0, 0.1) is 6.92 Å². The molecule has 0 amide bonds. The second-order valence-corrected chi connectivity index (χ2v) is 5.06. The maximum atomic E-state index is 5.87. The minimum absolute atomic E-state index is 0.195. The lowest BCUT2D eigenvalue weighted by atomic mass is 10.1. The van der Waals surface area contributed by atoms with Crippen molar-refractivity contribution in [3.63, 3.8) is 0 Å². The van der Waals surface area contributed by atoms with Gasteiger partial charge in [0.1, 0.15) is 17.6 Å². The summed E-state index contributed by atoms with van der Waals surface area (Å²) in [5, 5.41) is 5.63. The lowest BCUT2D eigenvalue weighted by Gasteiger charge is -2.15. The lowest BCUT2D eigenvalue weighted by Crippen LogP contribution is -2.21. The summed E-state index contributed by atoms with van der Waals surface area (Å²) < 4.78 is 5.87. The molecular weight excluding hydrogens is 230 g/mol. The van der Waals surface area contributed by atoms with Crippen molar-refractivity contribution in [1.29, 1.82) is 0 Å². The summed E-state index contributed by atoms with van der Waals surface area (Å²) in [7, 11) is 0. The van der Waals surface area contributed by atoms with Crippen LogP contribution in [0.15, 0.2) is 28.0 Å². The minimum atomic E-state index is 0.195. The number of hydrogen-bond donors (Lipinski definition) is 1. The Bertz CT molecular complexity index is 472. The van der Waals surface area contributed by atoms with Crippen molar-refractivity contribution in [1.82, 2.24) is 5.32 Å². The van der Waals surface area contributed by atoms with Crippen LogP contribution in [0.1, 0.15) is 41.9 Å². The van der Waals surface area contributed by atoms with E-state index in [1.54, 1.807) is 11.3 Å². The van der Waals surface area contributed by atoms with Crippen LogP contribution in [0.4, 0.5) is 0 Å². The molecule has 0 saturated heterocycles. The quantitative estimate of drug-likeness (QED) is 0.869. The molecule has 2 rings (SSSR count). The Morgan fingerprint density at radius 3 is 2.65 bits per heavy atom. The van der Waals surface area contributed by atoms with Gasteiger partial charge in [0.25, 0.3) is 0 Å². The molecule has 0 aliphatic rings. The number of hydrogen-bond acceptors (Lipinski definition) is 3. The van der Waals surface area contributed by atoms with E-state index in [-0.39, 0.29) is 6.04 Å². The number of nitrogens with one attached hydrogen (secondary N) is 1. The molecule has 0 aliphatic carbocycles. The molecule has 0 aliphatic heterocycles. The number of aryl methyl sites for hydroxylation is 2. The Morgan fingerprint density at radius 1 is 1.29 bits per heavy atom. The van der Waals surface area contributed by atoms with E-state index >= 15 is 0 Å². The molecule has 17 heavy (non-hydrogen) atoms. The molecule has 0 bridgehead atoms. The highest BCUT2D eigenvalue weighted by Gasteiger charge is 2.19. The number of rotatable bonds is 5. The maximum absolute atomic E-state index is 5.87. The van der Waals surface area contributed by atoms with Crippen LogP contribution in [-0.2, 0) is 6.42 Å². The first-order valence-corrected chi connectivity index (χ1v) is 7.00. The summed E-state index contributed by atoms with van der Waals surface area (Å²) >= 11 is 1.79. The van der Waals surface area contributed by atoms with Crippen LogP contribution in [0.3, 0.4) is 0 Å². The first kappa shape index (κ1) is 12.4. The summed E-state index contributed by atoms with van der Waals surface area (Å²) in [5.41, 5.74) is 1.33.